The highest BCUT2D eigenvalue weighted by Gasteiger charge is 2.13. The van der Waals surface area contributed by atoms with Crippen molar-refractivity contribution in [3.8, 4) is 23.0 Å². The van der Waals surface area contributed by atoms with E-state index in [2.05, 4.69) is 5.32 Å². The highest BCUT2D eigenvalue weighted by atomic mass is 35.5. The maximum absolute atomic E-state index is 13.1. The van der Waals surface area contributed by atoms with E-state index in [0.717, 1.165) is 0 Å². The Balaban J connectivity index is 1.97. The van der Waals surface area contributed by atoms with Crippen molar-refractivity contribution in [2.24, 2.45) is 0 Å². The Kier molecular flexibility index (Phi) is 6.91. The van der Waals surface area contributed by atoms with E-state index < -0.39 is 5.82 Å². The summed E-state index contributed by atoms with van der Waals surface area (Å²) in [5.41, 5.74) is 0.711. The molecule has 0 aromatic heterocycles. The number of carbonyl (C=O) groups is 1. The first-order chi connectivity index (χ1) is 12.5. The first kappa shape index (κ1) is 19.7. The molecule has 0 radical (unpaired) electrons. The monoisotopic (exact) mass is 383 g/mol. The predicted octanol–water partition coefficient (Wildman–Crippen LogP) is 3.20. The van der Waals surface area contributed by atoms with Gasteiger partial charge in [-0.1, -0.05) is 11.6 Å². The van der Waals surface area contributed by atoms with Crippen molar-refractivity contribution in [1.82, 2.24) is 5.32 Å². The molecule has 0 heterocycles. The molecule has 0 aliphatic heterocycles. The molecule has 1 N–H and O–H groups in total. The van der Waals surface area contributed by atoms with Crippen LogP contribution < -0.4 is 24.3 Å². The number of methoxy groups -OCH3 is 3. The molecule has 6 nitrogen and oxygen atoms in total. The van der Waals surface area contributed by atoms with Crippen LogP contribution in [0.2, 0.25) is 5.02 Å². The van der Waals surface area contributed by atoms with Crippen LogP contribution in [0, 0.1) is 5.82 Å². The third-order valence-corrected chi connectivity index (χ3v) is 3.81. The first-order valence-electron chi connectivity index (χ1n) is 7.62. The summed E-state index contributed by atoms with van der Waals surface area (Å²) < 4.78 is 34.2. The van der Waals surface area contributed by atoms with Gasteiger partial charge in [0.25, 0.3) is 5.91 Å². The zero-order valence-corrected chi connectivity index (χ0v) is 15.4. The van der Waals surface area contributed by atoms with Crippen molar-refractivity contribution < 1.29 is 28.1 Å². The molecule has 0 saturated heterocycles. The molecule has 0 bridgehead atoms. The fourth-order valence-corrected chi connectivity index (χ4v) is 2.36. The molecular weight excluding hydrogens is 365 g/mol. The van der Waals surface area contributed by atoms with Gasteiger partial charge in [-0.2, -0.15) is 0 Å². The number of rotatable bonds is 8. The summed E-state index contributed by atoms with van der Waals surface area (Å²) in [6.45, 7) is -0.0343. The second kappa shape index (κ2) is 9.15. The van der Waals surface area contributed by atoms with Crippen molar-refractivity contribution in [3.05, 3.63) is 46.7 Å². The van der Waals surface area contributed by atoms with Crippen LogP contribution >= 0.6 is 11.6 Å². The van der Waals surface area contributed by atoms with Crippen molar-refractivity contribution >= 4 is 17.5 Å². The standard InChI is InChI=1S/C18H19ClFNO5/c1-23-15-8-17(25-3)16(24-2)6-11(15)9-21-18(22)10-26-12-4-5-14(20)13(19)7-12/h4-8H,9-10H2,1-3H3,(H,21,22). The molecule has 26 heavy (non-hydrogen) atoms. The van der Waals surface area contributed by atoms with Gasteiger partial charge in [-0.3, -0.25) is 4.79 Å². The molecule has 0 aliphatic carbocycles. The molecule has 0 atom stereocenters. The molecule has 0 saturated carbocycles. The van der Waals surface area contributed by atoms with Crippen LogP contribution in [0.25, 0.3) is 0 Å². The van der Waals surface area contributed by atoms with Gasteiger partial charge in [0.05, 0.1) is 26.4 Å². The van der Waals surface area contributed by atoms with Crippen LogP contribution in [-0.2, 0) is 11.3 Å². The van der Waals surface area contributed by atoms with Crippen LogP contribution in [0.1, 0.15) is 5.56 Å². The number of hydrogen-bond acceptors (Lipinski definition) is 5. The van der Waals surface area contributed by atoms with Crippen LogP contribution in [0.4, 0.5) is 4.39 Å². The molecule has 1 amide bonds. The lowest BCUT2D eigenvalue weighted by Crippen LogP contribution is -2.28. The zero-order chi connectivity index (χ0) is 19.1. The molecule has 2 aromatic rings. The summed E-state index contributed by atoms with van der Waals surface area (Å²) in [5, 5.41) is 2.64. The second-order valence-corrected chi connectivity index (χ2v) is 5.57. The van der Waals surface area contributed by atoms with E-state index in [9.17, 15) is 9.18 Å². The van der Waals surface area contributed by atoms with Crippen molar-refractivity contribution in [1.29, 1.82) is 0 Å². The Hall–Kier alpha value is -2.67. The van der Waals surface area contributed by atoms with E-state index >= 15 is 0 Å². The van der Waals surface area contributed by atoms with Crippen LogP contribution in [-0.4, -0.2) is 33.8 Å². The van der Waals surface area contributed by atoms with E-state index in [1.54, 1.807) is 12.1 Å². The number of halogens is 2. The van der Waals surface area contributed by atoms with Crippen molar-refractivity contribution in [2.45, 2.75) is 6.54 Å². The molecule has 0 spiro atoms. The number of ether oxygens (including phenoxy) is 4. The topological polar surface area (TPSA) is 66.0 Å². The molecular formula is C18H19ClFNO5. The summed E-state index contributed by atoms with van der Waals surface area (Å²) in [4.78, 5) is 12.0. The highest BCUT2D eigenvalue weighted by Crippen LogP contribution is 2.34. The fraction of sp³-hybridized carbons (Fsp3) is 0.278. The fourth-order valence-electron chi connectivity index (χ4n) is 2.19. The van der Waals surface area contributed by atoms with E-state index in [-0.39, 0.29) is 24.1 Å². The van der Waals surface area contributed by atoms with E-state index in [4.69, 9.17) is 30.5 Å². The van der Waals surface area contributed by atoms with Crippen molar-refractivity contribution in [3.63, 3.8) is 0 Å². The molecule has 140 valence electrons. The molecule has 2 rings (SSSR count). The minimum Gasteiger partial charge on any atom is -0.496 e. The summed E-state index contributed by atoms with van der Waals surface area (Å²) in [7, 11) is 4.57. The quantitative estimate of drug-likeness (QED) is 0.758. The molecule has 8 heteroatoms. The predicted molar refractivity (Wildman–Crippen MR) is 94.8 cm³/mol. The van der Waals surface area contributed by atoms with Crippen LogP contribution in [0.5, 0.6) is 23.0 Å². The molecule has 2 aromatic carbocycles. The normalized spacial score (nSPS) is 10.2. The number of benzene rings is 2. The number of carbonyl (C=O) groups excluding carboxylic acids is 1. The number of amides is 1. The Bertz CT molecular complexity index is 784. The molecule has 0 aliphatic rings. The highest BCUT2D eigenvalue weighted by molar-refractivity contribution is 6.30. The molecule has 0 unspecified atom stereocenters. The van der Waals surface area contributed by atoms with Gasteiger partial charge in [0.15, 0.2) is 18.1 Å². The average Bonchev–Trinajstić information content (AvgIpc) is 2.66. The summed E-state index contributed by atoms with van der Waals surface area (Å²) in [6, 6.07) is 7.27. The Morgan fingerprint density at radius 2 is 1.69 bits per heavy atom. The minimum atomic E-state index is -0.552. The van der Waals surface area contributed by atoms with E-state index in [0.29, 0.717) is 28.6 Å². The smallest absolute Gasteiger partial charge is 0.258 e. The van der Waals surface area contributed by atoms with Gasteiger partial charge >= 0.3 is 0 Å². The van der Waals surface area contributed by atoms with Crippen LogP contribution in [0.3, 0.4) is 0 Å². The third-order valence-electron chi connectivity index (χ3n) is 3.52. The van der Waals surface area contributed by atoms with Gasteiger partial charge in [-0.25, -0.2) is 4.39 Å². The first-order valence-corrected chi connectivity index (χ1v) is 7.99. The van der Waals surface area contributed by atoms with Gasteiger partial charge in [0, 0.05) is 24.2 Å². The molecule has 0 fully saturated rings. The Morgan fingerprint density at radius 3 is 2.31 bits per heavy atom. The Morgan fingerprint density at radius 1 is 1.04 bits per heavy atom. The third kappa shape index (κ3) is 4.92. The van der Waals surface area contributed by atoms with Gasteiger partial charge in [-0.05, 0) is 18.2 Å². The van der Waals surface area contributed by atoms with E-state index in [1.807, 2.05) is 0 Å². The summed E-state index contributed by atoms with van der Waals surface area (Å²) in [5.74, 6) is 0.987. The van der Waals surface area contributed by atoms with Crippen molar-refractivity contribution in [2.75, 3.05) is 27.9 Å². The van der Waals surface area contributed by atoms with Gasteiger partial charge in [0.2, 0.25) is 0 Å². The largest absolute Gasteiger partial charge is 0.496 e. The van der Waals surface area contributed by atoms with Gasteiger partial charge in [0.1, 0.15) is 17.3 Å². The maximum Gasteiger partial charge on any atom is 0.258 e. The minimum absolute atomic E-state index is 0.0713. The number of nitrogens with one attached hydrogen (secondary N) is 1. The van der Waals surface area contributed by atoms with Gasteiger partial charge < -0.3 is 24.3 Å². The van der Waals surface area contributed by atoms with Crippen LogP contribution in [0.15, 0.2) is 30.3 Å². The summed E-state index contributed by atoms with van der Waals surface area (Å²) in [6.07, 6.45) is 0. The zero-order valence-electron chi connectivity index (χ0n) is 14.6. The second-order valence-electron chi connectivity index (χ2n) is 5.16. The lowest BCUT2D eigenvalue weighted by molar-refractivity contribution is -0.123. The lowest BCUT2D eigenvalue weighted by Gasteiger charge is -2.14. The SMILES string of the molecule is COc1cc(OC)c(OC)cc1CNC(=O)COc1ccc(F)c(Cl)c1. The van der Waals surface area contributed by atoms with Gasteiger partial charge in [-0.15, -0.1) is 0 Å². The summed E-state index contributed by atoms with van der Waals surface area (Å²) >= 11 is 5.67. The average molecular weight is 384 g/mol. The number of hydrogen-bond donors (Lipinski definition) is 1. The van der Waals surface area contributed by atoms with E-state index in [1.165, 1.54) is 39.5 Å². The maximum atomic E-state index is 13.1. The Labute approximate surface area is 155 Å². The lowest BCUT2D eigenvalue weighted by atomic mass is 10.1.